The standard InChI is InChI=1S/C18H24N6O.HI/c1-19-17(23-7-3-18(12-23)4-9-25-13-18)22-11-15-2-5-21-16(10-15)24-8-6-20-14-24;/h2,5-6,8,10,14H,3-4,7,9,11-13H2,1H3,(H,19,22);1H. The first-order valence-corrected chi connectivity index (χ1v) is 8.75. The summed E-state index contributed by atoms with van der Waals surface area (Å²) in [6.45, 7) is 4.58. The molecule has 1 spiro atoms. The summed E-state index contributed by atoms with van der Waals surface area (Å²) in [6, 6.07) is 4.09. The minimum Gasteiger partial charge on any atom is -0.381 e. The first kappa shape index (κ1) is 19.1. The zero-order valence-electron chi connectivity index (χ0n) is 15.0. The van der Waals surface area contributed by atoms with Crippen molar-refractivity contribution < 1.29 is 4.74 Å². The second-order valence-corrected chi connectivity index (χ2v) is 6.87. The van der Waals surface area contributed by atoms with Gasteiger partial charge in [0.2, 0.25) is 0 Å². The Labute approximate surface area is 170 Å². The molecular weight excluding hydrogens is 443 g/mol. The summed E-state index contributed by atoms with van der Waals surface area (Å²) in [4.78, 5) is 15.3. The lowest BCUT2D eigenvalue weighted by Crippen LogP contribution is -2.41. The molecule has 0 radical (unpaired) electrons. The van der Waals surface area contributed by atoms with Crippen molar-refractivity contribution in [1.82, 2.24) is 24.8 Å². The van der Waals surface area contributed by atoms with Gasteiger partial charge in [0.05, 0.1) is 6.61 Å². The van der Waals surface area contributed by atoms with Gasteiger partial charge in [-0.1, -0.05) is 0 Å². The van der Waals surface area contributed by atoms with E-state index in [1.165, 1.54) is 12.8 Å². The quantitative estimate of drug-likeness (QED) is 0.425. The number of nitrogens with zero attached hydrogens (tertiary/aromatic N) is 5. The second-order valence-electron chi connectivity index (χ2n) is 6.87. The maximum Gasteiger partial charge on any atom is 0.193 e. The zero-order chi connectivity index (χ0) is 17.1. The number of rotatable bonds is 3. The Bertz CT molecular complexity index is 742. The van der Waals surface area contributed by atoms with E-state index in [-0.39, 0.29) is 24.0 Å². The fraction of sp³-hybridized carbons (Fsp3) is 0.500. The van der Waals surface area contributed by atoms with Crippen molar-refractivity contribution in [1.29, 1.82) is 0 Å². The van der Waals surface area contributed by atoms with Gasteiger partial charge in [0.15, 0.2) is 5.96 Å². The predicted octanol–water partition coefficient (Wildman–Crippen LogP) is 2.07. The first-order valence-electron chi connectivity index (χ1n) is 8.75. The molecule has 7 nitrogen and oxygen atoms in total. The van der Waals surface area contributed by atoms with Gasteiger partial charge >= 0.3 is 0 Å². The van der Waals surface area contributed by atoms with Gasteiger partial charge in [-0.25, -0.2) is 9.97 Å². The van der Waals surface area contributed by atoms with Crippen molar-refractivity contribution in [2.75, 3.05) is 33.4 Å². The van der Waals surface area contributed by atoms with Crippen LogP contribution >= 0.6 is 24.0 Å². The molecule has 1 N–H and O–H groups in total. The van der Waals surface area contributed by atoms with Crippen LogP contribution < -0.4 is 5.32 Å². The summed E-state index contributed by atoms with van der Waals surface area (Å²) in [5.74, 6) is 1.83. The fourth-order valence-electron chi connectivity index (χ4n) is 3.71. The Balaban J connectivity index is 0.00000196. The molecule has 8 heteroatoms. The lowest BCUT2D eigenvalue weighted by molar-refractivity contribution is 0.156. The minimum atomic E-state index is 0. The Morgan fingerprint density at radius 3 is 3.04 bits per heavy atom. The first-order chi connectivity index (χ1) is 12.3. The van der Waals surface area contributed by atoms with Gasteiger partial charge in [-0.05, 0) is 30.5 Å². The molecular formula is C18H25IN6O. The predicted molar refractivity (Wildman–Crippen MR) is 111 cm³/mol. The van der Waals surface area contributed by atoms with Gasteiger partial charge in [-0.2, -0.15) is 0 Å². The van der Waals surface area contributed by atoms with Crippen LogP contribution in [0.15, 0.2) is 42.0 Å². The van der Waals surface area contributed by atoms with Crippen LogP contribution in [0.4, 0.5) is 0 Å². The van der Waals surface area contributed by atoms with Gasteiger partial charge in [0.25, 0.3) is 0 Å². The molecule has 2 aliphatic heterocycles. The number of nitrogens with one attached hydrogen (secondary N) is 1. The van der Waals surface area contributed by atoms with Crippen molar-refractivity contribution in [2.24, 2.45) is 10.4 Å². The van der Waals surface area contributed by atoms with Crippen LogP contribution in [0.5, 0.6) is 0 Å². The molecule has 0 saturated carbocycles. The molecule has 140 valence electrons. The topological polar surface area (TPSA) is 67.6 Å². The molecule has 4 rings (SSSR count). The summed E-state index contributed by atoms with van der Waals surface area (Å²) in [7, 11) is 1.85. The van der Waals surface area contributed by atoms with Crippen LogP contribution in [-0.2, 0) is 11.3 Å². The lowest BCUT2D eigenvalue weighted by atomic mass is 9.87. The number of likely N-dealkylation sites (tertiary alicyclic amines) is 1. The highest BCUT2D eigenvalue weighted by atomic mass is 127. The van der Waals surface area contributed by atoms with Crippen molar-refractivity contribution in [3.8, 4) is 5.82 Å². The summed E-state index contributed by atoms with van der Waals surface area (Å²) < 4.78 is 7.53. The third kappa shape index (κ3) is 4.01. The molecule has 0 aliphatic carbocycles. The molecule has 2 aliphatic rings. The zero-order valence-corrected chi connectivity index (χ0v) is 17.3. The number of aliphatic imine (C=N–C) groups is 1. The van der Waals surface area contributed by atoms with Crippen molar-refractivity contribution in [3.63, 3.8) is 0 Å². The molecule has 2 fully saturated rings. The van der Waals surface area contributed by atoms with E-state index < -0.39 is 0 Å². The van der Waals surface area contributed by atoms with E-state index in [1.807, 2.05) is 30.1 Å². The van der Waals surface area contributed by atoms with Crippen LogP contribution in [0, 0.1) is 5.41 Å². The second kappa shape index (κ2) is 8.34. The van der Waals surface area contributed by atoms with Crippen LogP contribution in [0.2, 0.25) is 0 Å². The Hall–Kier alpha value is -1.68. The molecule has 2 aromatic heterocycles. The highest BCUT2D eigenvalue weighted by Gasteiger charge is 2.42. The fourth-order valence-corrected chi connectivity index (χ4v) is 3.71. The molecule has 26 heavy (non-hydrogen) atoms. The number of guanidine groups is 1. The maximum absolute atomic E-state index is 5.62. The Kier molecular flexibility index (Phi) is 6.13. The summed E-state index contributed by atoms with van der Waals surface area (Å²) in [5, 5.41) is 3.49. The molecule has 2 aromatic rings. The van der Waals surface area contributed by atoms with E-state index in [0.717, 1.165) is 50.2 Å². The Morgan fingerprint density at radius 1 is 1.38 bits per heavy atom. The molecule has 0 amide bonds. The molecule has 4 heterocycles. The third-order valence-electron chi connectivity index (χ3n) is 5.16. The number of imidazole rings is 1. The average Bonchev–Trinajstić information content (AvgIpc) is 3.40. The molecule has 0 bridgehead atoms. The van der Waals surface area contributed by atoms with Crippen molar-refractivity contribution in [2.45, 2.75) is 19.4 Å². The average molecular weight is 468 g/mol. The number of pyridine rings is 1. The number of aromatic nitrogens is 3. The van der Waals surface area contributed by atoms with Crippen molar-refractivity contribution in [3.05, 3.63) is 42.6 Å². The minimum absolute atomic E-state index is 0. The summed E-state index contributed by atoms with van der Waals surface area (Å²) in [6.07, 6.45) is 9.59. The molecule has 1 atom stereocenters. The van der Waals surface area contributed by atoms with E-state index in [2.05, 4.69) is 31.2 Å². The SMILES string of the molecule is CN=C(NCc1ccnc(-n2ccnc2)c1)N1CCC2(CCOC2)C1.I. The van der Waals surface area contributed by atoms with E-state index in [9.17, 15) is 0 Å². The molecule has 0 aromatic carbocycles. The van der Waals surface area contributed by atoms with Crippen LogP contribution in [0.3, 0.4) is 0 Å². The van der Waals surface area contributed by atoms with Gasteiger partial charge in [-0.3, -0.25) is 9.56 Å². The lowest BCUT2D eigenvalue weighted by Gasteiger charge is -2.25. The number of hydrogen-bond donors (Lipinski definition) is 1. The maximum atomic E-state index is 5.62. The summed E-state index contributed by atoms with van der Waals surface area (Å²) >= 11 is 0. The highest BCUT2D eigenvalue weighted by Crippen LogP contribution is 2.38. The van der Waals surface area contributed by atoms with Gasteiger partial charge in [-0.15, -0.1) is 24.0 Å². The molecule has 1 unspecified atom stereocenters. The van der Waals surface area contributed by atoms with E-state index in [0.29, 0.717) is 5.41 Å². The van der Waals surface area contributed by atoms with Gasteiger partial charge < -0.3 is 15.0 Å². The van der Waals surface area contributed by atoms with Crippen LogP contribution in [0.25, 0.3) is 5.82 Å². The van der Waals surface area contributed by atoms with Crippen LogP contribution in [0.1, 0.15) is 18.4 Å². The third-order valence-corrected chi connectivity index (χ3v) is 5.16. The number of ether oxygens (including phenoxy) is 1. The van der Waals surface area contributed by atoms with E-state index in [1.54, 1.807) is 12.5 Å². The normalized spacial score (nSPS) is 22.7. The van der Waals surface area contributed by atoms with E-state index >= 15 is 0 Å². The van der Waals surface area contributed by atoms with Gasteiger partial charge in [0, 0.05) is 57.3 Å². The highest BCUT2D eigenvalue weighted by molar-refractivity contribution is 14.0. The monoisotopic (exact) mass is 468 g/mol. The van der Waals surface area contributed by atoms with Crippen LogP contribution in [-0.4, -0.2) is 58.7 Å². The Morgan fingerprint density at radius 2 is 2.31 bits per heavy atom. The molecule has 2 saturated heterocycles. The number of hydrogen-bond acceptors (Lipinski definition) is 4. The summed E-state index contributed by atoms with van der Waals surface area (Å²) in [5.41, 5.74) is 1.50. The van der Waals surface area contributed by atoms with Gasteiger partial charge in [0.1, 0.15) is 12.1 Å². The van der Waals surface area contributed by atoms with Crippen molar-refractivity contribution >= 4 is 29.9 Å². The smallest absolute Gasteiger partial charge is 0.193 e. The van der Waals surface area contributed by atoms with E-state index in [4.69, 9.17) is 4.74 Å². The number of halogens is 1. The largest absolute Gasteiger partial charge is 0.381 e.